The molecule has 0 unspecified atom stereocenters. The second-order valence-corrected chi connectivity index (χ2v) is 6.94. The minimum atomic E-state index is -3.27. The van der Waals surface area contributed by atoms with Gasteiger partial charge in [-0.25, -0.2) is 13.2 Å². The Morgan fingerprint density at radius 3 is 2.05 bits per heavy atom. The summed E-state index contributed by atoms with van der Waals surface area (Å²) >= 11 is 0. The highest BCUT2D eigenvalue weighted by molar-refractivity contribution is 7.90. The van der Waals surface area contributed by atoms with Crippen molar-refractivity contribution in [2.45, 2.75) is 24.3 Å². The number of rotatable bonds is 2. The number of sulfone groups is 1. The van der Waals surface area contributed by atoms with E-state index in [2.05, 4.69) is 0 Å². The molecule has 0 saturated carbocycles. The maximum atomic E-state index is 11.4. The number of benzene rings is 1. The molecule has 102 valence electrons. The Kier molecular flexibility index (Phi) is 2.93. The molecule has 0 radical (unpaired) electrons. The summed E-state index contributed by atoms with van der Waals surface area (Å²) in [7, 11) is -3.27. The van der Waals surface area contributed by atoms with Gasteiger partial charge in [-0.1, -0.05) is 12.1 Å². The number of hydrogen-bond acceptors (Lipinski definition) is 5. The number of esters is 1. The zero-order valence-corrected chi connectivity index (χ0v) is 11.6. The van der Waals surface area contributed by atoms with Crippen molar-refractivity contribution in [3.05, 3.63) is 35.6 Å². The Hall–Kier alpha value is -1.82. The van der Waals surface area contributed by atoms with Gasteiger partial charge in [0, 0.05) is 6.26 Å². The summed E-state index contributed by atoms with van der Waals surface area (Å²) in [5, 5.41) is 9.76. The van der Waals surface area contributed by atoms with Crippen LogP contribution in [0.1, 0.15) is 19.4 Å². The lowest BCUT2D eigenvalue weighted by Gasteiger charge is -2.20. The number of cyclic esters (lactones) is 1. The average Bonchev–Trinajstić information content (AvgIpc) is 2.47. The first kappa shape index (κ1) is 13.6. The maximum absolute atomic E-state index is 11.4. The summed E-state index contributed by atoms with van der Waals surface area (Å²) in [5.41, 5.74) is -0.0216. The average molecular weight is 282 g/mol. The SMILES string of the molecule is CC1(C)OC(=O)C(O)=C1c1ccc(S(C)(=O)=O)cc1. The summed E-state index contributed by atoms with van der Waals surface area (Å²) in [6, 6.07) is 5.96. The van der Waals surface area contributed by atoms with Crippen LogP contribution in [0.4, 0.5) is 0 Å². The first-order valence-corrected chi connectivity index (χ1v) is 7.49. The van der Waals surface area contributed by atoms with Crippen molar-refractivity contribution >= 4 is 21.4 Å². The Morgan fingerprint density at radius 1 is 1.16 bits per heavy atom. The molecule has 0 fully saturated rings. The number of ether oxygens (including phenoxy) is 1. The molecule has 2 rings (SSSR count). The summed E-state index contributed by atoms with van der Waals surface area (Å²) < 4.78 is 27.8. The van der Waals surface area contributed by atoms with Gasteiger partial charge in [-0.3, -0.25) is 0 Å². The zero-order valence-electron chi connectivity index (χ0n) is 10.8. The molecule has 19 heavy (non-hydrogen) atoms. The molecule has 5 nitrogen and oxygen atoms in total. The van der Waals surface area contributed by atoms with Gasteiger partial charge in [0.2, 0.25) is 5.76 Å². The van der Waals surface area contributed by atoms with E-state index in [1.54, 1.807) is 26.0 Å². The molecule has 1 aromatic rings. The fraction of sp³-hybridized carbons (Fsp3) is 0.308. The van der Waals surface area contributed by atoms with Crippen LogP contribution in [0.2, 0.25) is 0 Å². The van der Waals surface area contributed by atoms with Crippen LogP contribution in [0.15, 0.2) is 34.9 Å². The number of aliphatic hydroxyl groups is 1. The molecular weight excluding hydrogens is 268 g/mol. The van der Waals surface area contributed by atoms with E-state index in [1.807, 2.05) is 0 Å². The van der Waals surface area contributed by atoms with E-state index < -0.39 is 27.2 Å². The number of carbonyl (C=O) groups is 1. The molecule has 0 bridgehead atoms. The van der Waals surface area contributed by atoms with Gasteiger partial charge in [-0.2, -0.15) is 0 Å². The second kappa shape index (κ2) is 4.09. The number of carbonyl (C=O) groups excluding carboxylic acids is 1. The minimum Gasteiger partial charge on any atom is -0.502 e. The molecule has 0 spiro atoms. The fourth-order valence-electron chi connectivity index (χ4n) is 2.07. The van der Waals surface area contributed by atoms with Crippen molar-refractivity contribution in [1.29, 1.82) is 0 Å². The Labute approximate surface area is 111 Å². The molecule has 6 heteroatoms. The third kappa shape index (κ3) is 2.35. The van der Waals surface area contributed by atoms with Crippen LogP contribution in [-0.2, 0) is 19.4 Å². The quantitative estimate of drug-likeness (QED) is 0.835. The lowest BCUT2D eigenvalue weighted by molar-refractivity contribution is -0.146. The van der Waals surface area contributed by atoms with Crippen LogP contribution in [0.5, 0.6) is 0 Å². The third-order valence-corrected chi connectivity index (χ3v) is 4.08. The first-order valence-electron chi connectivity index (χ1n) is 5.60. The topological polar surface area (TPSA) is 80.7 Å². The summed E-state index contributed by atoms with van der Waals surface area (Å²) in [6.07, 6.45) is 1.12. The van der Waals surface area contributed by atoms with Gasteiger partial charge in [-0.15, -0.1) is 0 Å². The monoisotopic (exact) mass is 282 g/mol. The smallest absolute Gasteiger partial charge is 0.374 e. The van der Waals surface area contributed by atoms with E-state index in [-0.39, 0.29) is 4.90 Å². The zero-order chi connectivity index (χ0) is 14.4. The molecule has 1 aliphatic heterocycles. The van der Waals surface area contributed by atoms with Crippen LogP contribution >= 0.6 is 0 Å². The lowest BCUT2D eigenvalue weighted by atomic mass is 9.92. The lowest BCUT2D eigenvalue weighted by Crippen LogP contribution is -2.22. The van der Waals surface area contributed by atoms with Gasteiger partial charge in [0.25, 0.3) is 0 Å². The largest absolute Gasteiger partial charge is 0.502 e. The Balaban J connectivity index is 2.52. The van der Waals surface area contributed by atoms with E-state index in [1.165, 1.54) is 12.1 Å². The van der Waals surface area contributed by atoms with Crippen molar-refractivity contribution in [3.63, 3.8) is 0 Å². The summed E-state index contributed by atoms with van der Waals surface area (Å²) in [5.74, 6) is -1.20. The Bertz CT molecular complexity index is 665. The highest BCUT2D eigenvalue weighted by atomic mass is 32.2. The molecular formula is C13H14O5S. The van der Waals surface area contributed by atoms with E-state index in [9.17, 15) is 18.3 Å². The van der Waals surface area contributed by atoms with Crippen LogP contribution in [-0.4, -0.2) is 31.4 Å². The molecule has 0 atom stereocenters. The van der Waals surface area contributed by atoms with Crippen LogP contribution < -0.4 is 0 Å². The van der Waals surface area contributed by atoms with E-state index >= 15 is 0 Å². The maximum Gasteiger partial charge on any atom is 0.374 e. The molecule has 1 aromatic carbocycles. The standard InChI is InChI=1S/C13H14O5S/c1-13(2)10(11(14)12(15)18-13)8-4-6-9(7-5-8)19(3,16)17/h4-7,14H,1-3H3. The van der Waals surface area contributed by atoms with Gasteiger partial charge in [0.05, 0.1) is 10.5 Å². The van der Waals surface area contributed by atoms with Crippen LogP contribution in [0, 0.1) is 0 Å². The Morgan fingerprint density at radius 2 is 1.68 bits per heavy atom. The fourth-order valence-corrected chi connectivity index (χ4v) is 2.70. The van der Waals surface area contributed by atoms with Crippen molar-refractivity contribution in [2.24, 2.45) is 0 Å². The van der Waals surface area contributed by atoms with Crippen molar-refractivity contribution in [3.8, 4) is 0 Å². The molecule has 1 aliphatic rings. The number of aliphatic hydroxyl groups excluding tert-OH is 1. The van der Waals surface area contributed by atoms with E-state index in [4.69, 9.17) is 4.74 Å². The molecule has 0 aliphatic carbocycles. The van der Waals surface area contributed by atoms with Gasteiger partial charge < -0.3 is 9.84 Å². The predicted octanol–water partition coefficient (Wildman–Crippen LogP) is 1.69. The number of hydrogen-bond donors (Lipinski definition) is 1. The van der Waals surface area contributed by atoms with Crippen molar-refractivity contribution in [1.82, 2.24) is 0 Å². The minimum absolute atomic E-state index is 0.180. The molecule has 1 N–H and O–H groups in total. The van der Waals surface area contributed by atoms with Gasteiger partial charge >= 0.3 is 5.97 Å². The summed E-state index contributed by atoms with van der Waals surface area (Å²) in [4.78, 5) is 11.6. The van der Waals surface area contributed by atoms with Gasteiger partial charge in [-0.05, 0) is 31.5 Å². The predicted molar refractivity (Wildman–Crippen MR) is 69.3 cm³/mol. The molecule has 1 heterocycles. The first-order chi connectivity index (χ1) is 8.63. The normalized spacial score (nSPS) is 18.6. The highest BCUT2D eigenvalue weighted by Crippen LogP contribution is 2.38. The molecule has 0 saturated heterocycles. The van der Waals surface area contributed by atoms with Crippen LogP contribution in [0.3, 0.4) is 0 Å². The van der Waals surface area contributed by atoms with Gasteiger partial charge in [0.1, 0.15) is 5.60 Å². The van der Waals surface area contributed by atoms with Gasteiger partial charge in [0.15, 0.2) is 9.84 Å². The second-order valence-electron chi connectivity index (χ2n) is 4.92. The molecule has 0 aromatic heterocycles. The van der Waals surface area contributed by atoms with Crippen LogP contribution in [0.25, 0.3) is 5.57 Å². The third-order valence-electron chi connectivity index (χ3n) is 2.95. The van der Waals surface area contributed by atoms with E-state index in [0.29, 0.717) is 11.1 Å². The highest BCUT2D eigenvalue weighted by Gasteiger charge is 2.41. The van der Waals surface area contributed by atoms with Crippen molar-refractivity contribution in [2.75, 3.05) is 6.26 Å². The van der Waals surface area contributed by atoms with E-state index in [0.717, 1.165) is 6.26 Å². The molecule has 0 amide bonds. The van der Waals surface area contributed by atoms with Crippen molar-refractivity contribution < 1.29 is 23.1 Å². The summed E-state index contributed by atoms with van der Waals surface area (Å²) in [6.45, 7) is 3.32.